The van der Waals surface area contributed by atoms with Gasteiger partial charge in [0.15, 0.2) is 0 Å². The third-order valence-corrected chi connectivity index (χ3v) is 6.16. The fourth-order valence-electron chi connectivity index (χ4n) is 4.67. The lowest BCUT2D eigenvalue weighted by atomic mass is 10.0. The van der Waals surface area contributed by atoms with Crippen molar-refractivity contribution in [2.45, 2.75) is 31.8 Å². The molecule has 9 heteroatoms. The lowest BCUT2D eigenvalue weighted by molar-refractivity contribution is -0.141. The molecule has 0 saturated carbocycles. The number of alkyl halides is 3. The van der Waals surface area contributed by atoms with E-state index >= 15 is 0 Å². The molecule has 1 aromatic carbocycles. The molecule has 31 heavy (non-hydrogen) atoms. The molecule has 3 aliphatic heterocycles. The van der Waals surface area contributed by atoms with E-state index in [1.54, 1.807) is 0 Å². The molecule has 3 aliphatic rings. The van der Waals surface area contributed by atoms with Gasteiger partial charge in [-0.05, 0) is 24.1 Å². The average molecular weight is 431 g/mol. The van der Waals surface area contributed by atoms with E-state index in [9.17, 15) is 13.2 Å². The van der Waals surface area contributed by atoms with Crippen molar-refractivity contribution in [1.29, 1.82) is 0 Å². The van der Waals surface area contributed by atoms with Crippen LogP contribution < -0.4 is 5.53 Å². The first-order valence-electron chi connectivity index (χ1n) is 10.3. The molecule has 164 valence electrons. The van der Waals surface area contributed by atoms with Crippen molar-refractivity contribution in [2.24, 2.45) is 0 Å². The van der Waals surface area contributed by atoms with Crippen LogP contribution in [0.2, 0.25) is 0 Å². The van der Waals surface area contributed by atoms with Crippen LogP contribution in [0.4, 0.5) is 13.2 Å². The number of halogens is 3. The van der Waals surface area contributed by atoms with Crippen LogP contribution in [0.1, 0.15) is 22.4 Å². The zero-order valence-corrected chi connectivity index (χ0v) is 17.4. The number of aryl methyl sites for hydroxylation is 1. The van der Waals surface area contributed by atoms with Crippen molar-refractivity contribution in [3.63, 3.8) is 0 Å². The van der Waals surface area contributed by atoms with E-state index in [0.717, 1.165) is 36.1 Å². The van der Waals surface area contributed by atoms with E-state index in [-0.39, 0.29) is 12.1 Å². The number of fused-ring (bicyclic) bond motifs is 3. The maximum Gasteiger partial charge on any atom is 0.433 e. The Labute approximate surface area is 178 Å². The largest absolute Gasteiger partial charge is 0.433 e. The van der Waals surface area contributed by atoms with Gasteiger partial charge in [0.25, 0.3) is 0 Å². The Hall–Kier alpha value is -2.62. The Morgan fingerprint density at radius 1 is 1.16 bits per heavy atom. The van der Waals surface area contributed by atoms with Gasteiger partial charge in [0, 0.05) is 38.4 Å². The number of aromatic nitrogens is 1. The standard InChI is InChI=1S/C22H24F3N5O/c1-14-5-3-4-6-16(14)21-18-13-31-19-12-29(11-17(19)30(18)27-28(21)2)10-15-7-8-20(26-9-15)22(23,24)25/h3-9,17,19,27H,10-13H2,1-2H3/t17-,19-/m1/s1. The minimum absolute atomic E-state index is 0.0308. The molecule has 2 saturated heterocycles. The topological polar surface area (TPSA) is 43.9 Å². The van der Waals surface area contributed by atoms with E-state index in [1.807, 2.05) is 24.2 Å². The van der Waals surface area contributed by atoms with Crippen LogP contribution in [0, 0.1) is 6.92 Å². The quantitative estimate of drug-likeness (QED) is 0.806. The maximum atomic E-state index is 12.8. The van der Waals surface area contributed by atoms with E-state index in [1.165, 1.54) is 23.4 Å². The minimum atomic E-state index is -4.42. The summed E-state index contributed by atoms with van der Waals surface area (Å²) in [5.41, 5.74) is 7.94. The molecule has 2 aromatic rings. The zero-order valence-electron chi connectivity index (χ0n) is 17.4. The Kier molecular flexibility index (Phi) is 4.91. The molecule has 5 rings (SSSR count). The summed E-state index contributed by atoms with van der Waals surface area (Å²) >= 11 is 0. The van der Waals surface area contributed by atoms with Crippen molar-refractivity contribution in [1.82, 2.24) is 25.4 Å². The molecule has 0 amide bonds. The molecular formula is C22H24F3N5O. The van der Waals surface area contributed by atoms with Crippen molar-refractivity contribution >= 4 is 5.70 Å². The van der Waals surface area contributed by atoms with Gasteiger partial charge < -0.3 is 4.74 Å². The fraction of sp³-hybridized carbons (Fsp3) is 0.409. The molecule has 1 aromatic heterocycles. The Morgan fingerprint density at radius 2 is 1.97 bits per heavy atom. The summed E-state index contributed by atoms with van der Waals surface area (Å²) in [6.07, 6.45) is -3.07. The molecule has 0 aliphatic carbocycles. The summed E-state index contributed by atoms with van der Waals surface area (Å²) in [4.78, 5) is 5.78. The number of nitrogens with one attached hydrogen (secondary N) is 1. The molecule has 0 radical (unpaired) electrons. The van der Waals surface area contributed by atoms with Crippen LogP contribution in [0.5, 0.6) is 0 Å². The molecular weight excluding hydrogens is 407 g/mol. The number of pyridine rings is 1. The fourth-order valence-corrected chi connectivity index (χ4v) is 4.67. The Balaban J connectivity index is 1.33. The summed E-state index contributed by atoms with van der Waals surface area (Å²) in [5, 5.41) is 4.23. The molecule has 2 fully saturated rings. The van der Waals surface area contributed by atoms with Gasteiger partial charge in [-0.25, -0.2) is 0 Å². The molecule has 2 atom stereocenters. The highest BCUT2D eigenvalue weighted by Crippen LogP contribution is 2.37. The zero-order chi connectivity index (χ0) is 21.8. The van der Waals surface area contributed by atoms with Crippen molar-refractivity contribution in [3.8, 4) is 0 Å². The van der Waals surface area contributed by atoms with Crippen LogP contribution in [0.25, 0.3) is 5.70 Å². The first kappa shape index (κ1) is 20.3. The first-order chi connectivity index (χ1) is 14.8. The lowest BCUT2D eigenvalue weighted by Crippen LogP contribution is -2.54. The Bertz CT molecular complexity index is 1010. The minimum Gasteiger partial charge on any atom is -0.368 e. The number of rotatable bonds is 3. The van der Waals surface area contributed by atoms with Gasteiger partial charge in [0.05, 0.1) is 30.1 Å². The van der Waals surface area contributed by atoms with Gasteiger partial charge in [0.1, 0.15) is 5.69 Å². The van der Waals surface area contributed by atoms with Crippen LogP contribution in [0.15, 0.2) is 48.3 Å². The summed E-state index contributed by atoms with van der Waals surface area (Å²) in [5.74, 6) is 0. The molecule has 6 nitrogen and oxygen atoms in total. The third-order valence-electron chi connectivity index (χ3n) is 6.16. The number of benzene rings is 1. The Morgan fingerprint density at radius 3 is 2.68 bits per heavy atom. The number of nitrogens with zero attached hydrogens (tertiary/aromatic N) is 4. The molecule has 4 heterocycles. The highest BCUT2D eigenvalue weighted by atomic mass is 19.4. The SMILES string of the molecule is Cc1ccccc1C1=C2CO[C@@H]3CN(Cc4ccc(C(F)(F)F)nc4)C[C@H]3N2NN1C. The number of hydrogen-bond acceptors (Lipinski definition) is 6. The molecule has 1 N–H and O–H groups in total. The van der Waals surface area contributed by atoms with Gasteiger partial charge in [0.2, 0.25) is 0 Å². The highest BCUT2D eigenvalue weighted by Gasteiger charge is 2.46. The van der Waals surface area contributed by atoms with Crippen molar-refractivity contribution in [3.05, 3.63) is 70.7 Å². The van der Waals surface area contributed by atoms with Gasteiger partial charge >= 0.3 is 6.18 Å². The van der Waals surface area contributed by atoms with E-state index in [2.05, 4.69) is 39.5 Å². The van der Waals surface area contributed by atoms with Crippen molar-refractivity contribution < 1.29 is 17.9 Å². The van der Waals surface area contributed by atoms with Crippen molar-refractivity contribution in [2.75, 3.05) is 26.7 Å². The average Bonchev–Trinajstić information content (AvgIpc) is 3.28. The first-order valence-corrected chi connectivity index (χ1v) is 10.3. The van der Waals surface area contributed by atoms with Gasteiger partial charge in [-0.1, -0.05) is 30.3 Å². The smallest absolute Gasteiger partial charge is 0.368 e. The predicted molar refractivity (Wildman–Crippen MR) is 109 cm³/mol. The summed E-state index contributed by atoms with van der Waals surface area (Å²) in [6, 6.07) is 10.9. The monoisotopic (exact) mass is 431 g/mol. The van der Waals surface area contributed by atoms with Crippen LogP contribution in [-0.2, 0) is 17.5 Å². The number of likely N-dealkylation sites (tertiary alicyclic amines) is 1. The molecule has 0 unspecified atom stereocenters. The molecule has 0 bridgehead atoms. The van der Waals surface area contributed by atoms with E-state index in [4.69, 9.17) is 4.74 Å². The van der Waals surface area contributed by atoms with Gasteiger partial charge in [-0.2, -0.15) is 13.2 Å². The van der Waals surface area contributed by atoms with E-state index < -0.39 is 11.9 Å². The normalized spacial score (nSPS) is 24.0. The molecule has 0 spiro atoms. The predicted octanol–water partition coefficient (Wildman–Crippen LogP) is 3.03. The number of hydrazine groups is 2. The van der Waals surface area contributed by atoms with Gasteiger partial charge in [-0.3, -0.25) is 19.9 Å². The van der Waals surface area contributed by atoms with Crippen LogP contribution >= 0.6 is 0 Å². The number of ether oxygens (including phenoxy) is 1. The van der Waals surface area contributed by atoms with Crippen LogP contribution in [0.3, 0.4) is 0 Å². The third kappa shape index (κ3) is 3.66. The maximum absolute atomic E-state index is 12.8. The van der Waals surface area contributed by atoms with E-state index in [0.29, 0.717) is 13.2 Å². The van der Waals surface area contributed by atoms with Gasteiger partial charge in [-0.15, -0.1) is 5.53 Å². The summed E-state index contributed by atoms with van der Waals surface area (Å²) < 4.78 is 44.5. The second-order valence-corrected chi connectivity index (χ2v) is 8.30. The summed E-state index contributed by atoms with van der Waals surface area (Å²) in [6.45, 7) is 4.62. The lowest BCUT2D eigenvalue weighted by Gasteiger charge is -2.36. The summed E-state index contributed by atoms with van der Waals surface area (Å²) in [7, 11) is 2.00. The van der Waals surface area contributed by atoms with Crippen LogP contribution in [-0.4, -0.2) is 58.8 Å². The number of hydrogen-bond donors (Lipinski definition) is 1. The second kappa shape index (κ2) is 7.51. The second-order valence-electron chi connectivity index (χ2n) is 8.30. The highest BCUT2D eigenvalue weighted by molar-refractivity contribution is 5.70. The number of morpholine rings is 1.